The van der Waals surface area contributed by atoms with Crippen molar-refractivity contribution in [1.29, 1.82) is 0 Å². The van der Waals surface area contributed by atoms with Crippen LogP contribution in [0, 0.1) is 0 Å². The molecule has 16 heavy (non-hydrogen) atoms. The van der Waals surface area contributed by atoms with Gasteiger partial charge in [-0.15, -0.1) is 11.3 Å². The Morgan fingerprint density at radius 1 is 1.31 bits per heavy atom. The van der Waals surface area contributed by atoms with Crippen molar-refractivity contribution >= 4 is 16.9 Å². The summed E-state index contributed by atoms with van der Waals surface area (Å²) in [6.07, 6.45) is 5.07. The molecule has 1 saturated heterocycles. The number of hydrogen-bond donors (Lipinski definition) is 1. The van der Waals surface area contributed by atoms with Crippen LogP contribution in [0.4, 0.5) is 0 Å². The van der Waals surface area contributed by atoms with Crippen LogP contribution in [0.25, 0.3) is 5.57 Å². The van der Waals surface area contributed by atoms with Crippen molar-refractivity contribution in [2.45, 2.75) is 18.9 Å². The number of hydrogen-bond acceptors (Lipinski definition) is 3. The lowest BCUT2D eigenvalue weighted by molar-refractivity contribution is 0.200. The minimum absolute atomic E-state index is 0.694. The zero-order chi connectivity index (χ0) is 10.8. The molecule has 0 spiro atoms. The summed E-state index contributed by atoms with van der Waals surface area (Å²) in [7, 11) is 0. The Kier molecular flexibility index (Phi) is 3.09. The van der Waals surface area contributed by atoms with Crippen LogP contribution in [0.15, 0.2) is 23.6 Å². The molecule has 3 rings (SSSR count). The van der Waals surface area contributed by atoms with Crippen molar-refractivity contribution in [3.63, 3.8) is 0 Å². The van der Waals surface area contributed by atoms with Gasteiger partial charge in [-0.1, -0.05) is 12.1 Å². The van der Waals surface area contributed by atoms with Crippen molar-refractivity contribution in [1.82, 2.24) is 10.2 Å². The van der Waals surface area contributed by atoms with Gasteiger partial charge in [0.1, 0.15) is 0 Å². The van der Waals surface area contributed by atoms with E-state index < -0.39 is 0 Å². The average Bonchev–Trinajstić information content (AvgIpc) is 3.01. The summed E-state index contributed by atoms with van der Waals surface area (Å²) in [5.41, 5.74) is 1.57. The Morgan fingerprint density at radius 2 is 2.19 bits per heavy atom. The second kappa shape index (κ2) is 4.70. The molecule has 1 aliphatic heterocycles. The van der Waals surface area contributed by atoms with Crippen molar-refractivity contribution in [2.75, 3.05) is 26.2 Å². The summed E-state index contributed by atoms with van der Waals surface area (Å²) in [6.45, 7) is 4.72. The first kappa shape index (κ1) is 10.5. The number of allylic oxidation sites excluding steroid dienone is 1. The van der Waals surface area contributed by atoms with Crippen molar-refractivity contribution in [3.8, 4) is 0 Å². The minimum atomic E-state index is 0.694. The van der Waals surface area contributed by atoms with Crippen LogP contribution in [0.5, 0.6) is 0 Å². The van der Waals surface area contributed by atoms with Gasteiger partial charge in [0.05, 0.1) is 0 Å². The summed E-state index contributed by atoms with van der Waals surface area (Å²) >= 11 is 1.87. The molecule has 2 aliphatic rings. The third kappa shape index (κ3) is 2.08. The molecule has 1 fully saturated rings. The summed E-state index contributed by atoms with van der Waals surface area (Å²) in [5.74, 6) is 0. The first-order chi connectivity index (χ1) is 7.93. The monoisotopic (exact) mass is 234 g/mol. The van der Waals surface area contributed by atoms with E-state index in [9.17, 15) is 0 Å². The first-order valence-corrected chi connectivity index (χ1v) is 7.01. The second-order valence-electron chi connectivity index (χ2n) is 4.56. The predicted molar refractivity (Wildman–Crippen MR) is 69.8 cm³/mol. The zero-order valence-corrected chi connectivity index (χ0v) is 10.3. The number of piperazine rings is 1. The smallest absolute Gasteiger partial charge is 0.0299 e. The fraction of sp³-hybridized carbons (Fsp3) is 0.538. The molecule has 1 aliphatic carbocycles. The van der Waals surface area contributed by atoms with E-state index in [2.05, 4.69) is 33.8 Å². The van der Waals surface area contributed by atoms with Crippen LogP contribution in [0.3, 0.4) is 0 Å². The average molecular weight is 234 g/mol. The Morgan fingerprint density at radius 3 is 2.94 bits per heavy atom. The van der Waals surface area contributed by atoms with Gasteiger partial charge in [-0.25, -0.2) is 0 Å². The van der Waals surface area contributed by atoms with Gasteiger partial charge < -0.3 is 5.32 Å². The quantitative estimate of drug-likeness (QED) is 0.844. The van der Waals surface area contributed by atoms with Gasteiger partial charge in [0.25, 0.3) is 0 Å². The minimum Gasteiger partial charge on any atom is -0.314 e. The van der Waals surface area contributed by atoms with Crippen molar-refractivity contribution in [2.24, 2.45) is 0 Å². The van der Waals surface area contributed by atoms with E-state index in [0.29, 0.717) is 6.04 Å². The zero-order valence-electron chi connectivity index (χ0n) is 9.48. The van der Waals surface area contributed by atoms with Gasteiger partial charge in [0.2, 0.25) is 0 Å². The fourth-order valence-corrected chi connectivity index (χ4v) is 3.45. The van der Waals surface area contributed by atoms with Gasteiger partial charge in [0.15, 0.2) is 0 Å². The lowest BCUT2D eigenvalue weighted by Gasteiger charge is -2.31. The molecule has 2 nitrogen and oxygen atoms in total. The molecule has 1 N–H and O–H groups in total. The Hall–Kier alpha value is -0.640. The fourth-order valence-electron chi connectivity index (χ4n) is 2.67. The highest BCUT2D eigenvalue weighted by molar-refractivity contribution is 7.11. The van der Waals surface area contributed by atoms with E-state index >= 15 is 0 Å². The molecule has 3 heteroatoms. The second-order valence-corrected chi connectivity index (χ2v) is 5.51. The van der Waals surface area contributed by atoms with Crippen LogP contribution in [-0.4, -0.2) is 37.1 Å². The number of nitrogens with one attached hydrogen (secondary N) is 1. The maximum atomic E-state index is 3.42. The summed E-state index contributed by atoms with van der Waals surface area (Å²) < 4.78 is 0. The van der Waals surface area contributed by atoms with Crippen LogP contribution in [0.1, 0.15) is 17.7 Å². The van der Waals surface area contributed by atoms with E-state index in [1.807, 2.05) is 11.3 Å². The molecule has 0 bridgehead atoms. The van der Waals surface area contributed by atoms with Gasteiger partial charge in [0, 0.05) is 37.1 Å². The molecule has 1 aromatic heterocycles. The molecular weight excluding hydrogens is 216 g/mol. The topological polar surface area (TPSA) is 15.3 Å². The Bertz CT molecular complexity index is 363. The molecule has 1 atom stereocenters. The molecule has 0 saturated carbocycles. The molecule has 0 amide bonds. The molecule has 0 radical (unpaired) electrons. The molecule has 0 aromatic carbocycles. The lowest BCUT2D eigenvalue weighted by atomic mass is 10.2. The first-order valence-electron chi connectivity index (χ1n) is 6.13. The van der Waals surface area contributed by atoms with Crippen molar-refractivity contribution in [3.05, 3.63) is 28.5 Å². The normalized spacial score (nSPS) is 27.0. The van der Waals surface area contributed by atoms with Crippen LogP contribution >= 0.6 is 11.3 Å². The van der Waals surface area contributed by atoms with E-state index in [4.69, 9.17) is 0 Å². The SMILES string of the molecule is C1=C(c2cccs2)CCC1N1CCNCC1. The highest BCUT2D eigenvalue weighted by Crippen LogP contribution is 2.32. The van der Waals surface area contributed by atoms with Crippen LogP contribution in [-0.2, 0) is 0 Å². The Labute approximate surface area is 101 Å². The van der Waals surface area contributed by atoms with E-state index in [1.54, 1.807) is 5.57 Å². The molecule has 86 valence electrons. The van der Waals surface area contributed by atoms with Gasteiger partial charge in [-0.2, -0.15) is 0 Å². The number of nitrogens with zero attached hydrogens (tertiary/aromatic N) is 1. The highest BCUT2D eigenvalue weighted by atomic mass is 32.1. The summed E-state index contributed by atoms with van der Waals surface area (Å²) in [5, 5.41) is 5.59. The van der Waals surface area contributed by atoms with E-state index in [1.165, 1.54) is 30.8 Å². The van der Waals surface area contributed by atoms with Crippen LogP contribution < -0.4 is 5.32 Å². The molecule has 2 heterocycles. The summed E-state index contributed by atoms with van der Waals surface area (Å²) in [6, 6.07) is 5.09. The lowest BCUT2D eigenvalue weighted by Crippen LogP contribution is -2.47. The summed E-state index contributed by atoms with van der Waals surface area (Å²) in [4.78, 5) is 4.09. The maximum absolute atomic E-state index is 3.42. The van der Waals surface area contributed by atoms with E-state index in [-0.39, 0.29) is 0 Å². The third-order valence-electron chi connectivity index (χ3n) is 3.56. The molecule has 1 aromatic rings. The standard InChI is InChI=1S/C13H18N2S/c1-2-13(16-9-1)11-3-4-12(10-11)15-7-5-14-6-8-15/h1-2,9-10,12,14H,3-8H2. The molecule has 1 unspecified atom stereocenters. The maximum Gasteiger partial charge on any atom is 0.0299 e. The predicted octanol–water partition coefficient (Wildman–Crippen LogP) is 2.20. The van der Waals surface area contributed by atoms with Gasteiger partial charge in [-0.05, 0) is 29.9 Å². The largest absolute Gasteiger partial charge is 0.314 e. The highest BCUT2D eigenvalue weighted by Gasteiger charge is 2.24. The van der Waals surface area contributed by atoms with E-state index in [0.717, 1.165) is 13.1 Å². The van der Waals surface area contributed by atoms with Crippen molar-refractivity contribution < 1.29 is 0 Å². The van der Waals surface area contributed by atoms with Gasteiger partial charge >= 0.3 is 0 Å². The third-order valence-corrected chi connectivity index (χ3v) is 4.51. The number of thiophene rings is 1. The van der Waals surface area contributed by atoms with Gasteiger partial charge in [-0.3, -0.25) is 4.90 Å². The van der Waals surface area contributed by atoms with Crippen LogP contribution in [0.2, 0.25) is 0 Å². The number of rotatable bonds is 2. The Balaban J connectivity index is 1.70. The molecular formula is C13H18N2S.